The van der Waals surface area contributed by atoms with Gasteiger partial charge in [0.25, 0.3) is 5.91 Å². The summed E-state index contributed by atoms with van der Waals surface area (Å²) in [5.41, 5.74) is 6.11. The molecule has 2 heterocycles. The molecule has 174 valence electrons. The molecule has 2 amide bonds. The van der Waals surface area contributed by atoms with E-state index in [9.17, 15) is 18.8 Å². The number of primary amides is 1. The summed E-state index contributed by atoms with van der Waals surface area (Å²) in [6.07, 6.45) is -0.729. The van der Waals surface area contributed by atoms with Crippen LogP contribution in [0.1, 0.15) is 50.5 Å². The minimum atomic E-state index is -1.46. The molecule has 32 heavy (non-hydrogen) atoms. The summed E-state index contributed by atoms with van der Waals surface area (Å²) >= 11 is 0. The number of fused-ring (bicyclic) bond motifs is 1. The van der Waals surface area contributed by atoms with E-state index >= 15 is 0 Å². The van der Waals surface area contributed by atoms with Crippen LogP contribution in [0.25, 0.3) is 10.9 Å². The number of halogens is 1. The number of amides is 2. The monoisotopic (exact) mass is 446 g/mol. The molecule has 9 heteroatoms. The number of hydrogen-bond donors (Lipinski definition) is 1. The lowest BCUT2D eigenvalue weighted by atomic mass is 9.88. The molecule has 0 bridgehead atoms. The van der Waals surface area contributed by atoms with Crippen LogP contribution in [0.3, 0.4) is 0 Å². The van der Waals surface area contributed by atoms with Gasteiger partial charge in [-0.25, -0.2) is 4.39 Å². The molecular weight excluding hydrogens is 415 g/mol. The van der Waals surface area contributed by atoms with Crippen molar-refractivity contribution in [3.05, 3.63) is 30.0 Å². The molecule has 0 unspecified atom stereocenters. The van der Waals surface area contributed by atoms with E-state index in [4.69, 9.17) is 10.5 Å². The number of ketones is 1. The fourth-order valence-corrected chi connectivity index (χ4v) is 4.26. The van der Waals surface area contributed by atoms with E-state index in [-0.39, 0.29) is 36.4 Å². The Morgan fingerprint density at radius 3 is 2.56 bits per heavy atom. The highest BCUT2D eigenvalue weighted by Gasteiger charge is 2.48. The number of benzene rings is 1. The molecule has 2 aromatic rings. The van der Waals surface area contributed by atoms with Gasteiger partial charge in [-0.1, -0.05) is 39.0 Å². The van der Waals surface area contributed by atoms with Crippen molar-refractivity contribution < 1.29 is 23.5 Å². The third-order valence-electron chi connectivity index (χ3n) is 5.82. The number of para-hydroxylation sites is 1. The Labute approximate surface area is 186 Å². The number of ether oxygens (including phenoxy) is 1. The molecule has 1 saturated heterocycles. The van der Waals surface area contributed by atoms with Crippen molar-refractivity contribution in [2.75, 3.05) is 13.7 Å². The SMILES string of the molecule is CO[C@H]1[C@@H](C(=O)CCCC(C)(C)C)N(C(=O)Cn2nc(C(N)=O)c3ccccc32)C[C@@H]1F. The molecule has 1 aromatic heterocycles. The van der Waals surface area contributed by atoms with E-state index in [0.29, 0.717) is 17.3 Å². The van der Waals surface area contributed by atoms with E-state index in [2.05, 4.69) is 25.9 Å². The summed E-state index contributed by atoms with van der Waals surface area (Å²) in [6, 6.07) is 5.92. The average Bonchev–Trinajstić information content (AvgIpc) is 3.25. The largest absolute Gasteiger partial charge is 0.376 e. The zero-order chi connectivity index (χ0) is 23.6. The van der Waals surface area contributed by atoms with Crippen LogP contribution in [0.5, 0.6) is 0 Å². The first-order valence-electron chi connectivity index (χ1n) is 10.8. The topological polar surface area (TPSA) is 108 Å². The van der Waals surface area contributed by atoms with Crippen molar-refractivity contribution in [1.82, 2.24) is 14.7 Å². The van der Waals surface area contributed by atoms with Gasteiger partial charge in [-0.2, -0.15) is 5.10 Å². The van der Waals surface area contributed by atoms with Crippen LogP contribution in [-0.4, -0.2) is 64.3 Å². The van der Waals surface area contributed by atoms with E-state index in [1.807, 2.05) is 0 Å². The predicted molar refractivity (Wildman–Crippen MR) is 118 cm³/mol. The van der Waals surface area contributed by atoms with E-state index in [1.54, 1.807) is 24.3 Å². The molecule has 1 aliphatic heterocycles. The van der Waals surface area contributed by atoms with Gasteiger partial charge in [0.15, 0.2) is 11.5 Å². The number of methoxy groups -OCH3 is 1. The van der Waals surface area contributed by atoms with Gasteiger partial charge in [-0.05, 0) is 24.3 Å². The number of nitrogens with zero attached hydrogens (tertiary/aromatic N) is 3. The third kappa shape index (κ3) is 4.98. The summed E-state index contributed by atoms with van der Waals surface area (Å²) in [4.78, 5) is 39.2. The Morgan fingerprint density at radius 2 is 1.94 bits per heavy atom. The quantitative estimate of drug-likeness (QED) is 0.670. The maximum absolute atomic E-state index is 14.7. The second-order valence-electron chi connectivity index (χ2n) is 9.48. The summed E-state index contributed by atoms with van der Waals surface area (Å²) in [5.74, 6) is -1.38. The molecule has 0 saturated carbocycles. The number of carbonyl (C=O) groups is 3. The summed E-state index contributed by atoms with van der Waals surface area (Å²) < 4.78 is 21.3. The van der Waals surface area contributed by atoms with Crippen molar-refractivity contribution in [3.8, 4) is 0 Å². The average molecular weight is 447 g/mol. The van der Waals surface area contributed by atoms with Crippen molar-refractivity contribution in [3.63, 3.8) is 0 Å². The van der Waals surface area contributed by atoms with Gasteiger partial charge in [0.1, 0.15) is 24.9 Å². The van der Waals surface area contributed by atoms with Crippen LogP contribution in [0.2, 0.25) is 0 Å². The number of nitrogens with two attached hydrogens (primary N) is 1. The third-order valence-corrected chi connectivity index (χ3v) is 5.82. The van der Waals surface area contributed by atoms with Crippen molar-refractivity contribution in [2.45, 2.75) is 64.9 Å². The van der Waals surface area contributed by atoms with Crippen LogP contribution < -0.4 is 5.73 Å². The van der Waals surface area contributed by atoms with Gasteiger partial charge in [0, 0.05) is 18.9 Å². The normalized spacial score (nSPS) is 21.3. The highest BCUT2D eigenvalue weighted by Crippen LogP contribution is 2.28. The Balaban J connectivity index is 1.82. The Morgan fingerprint density at radius 1 is 1.25 bits per heavy atom. The second-order valence-corrected chi connectivity index (χ2v) is 9.48. The Bertz CT molecular complexity index is 1010. The maximum atomic E-state index is 14.7. The molecule has 2 N–H and O–H groups in total. The molecular formula is C23H31FN4O4. The molecule has 3 atom stereocenters. The maximum Gasteiger partial charge on any atom is 0.269 e. The molecule has 1 fully saturated rings. The van der Waals surface area contributed by atoms with E-state index in [1.165, 1.54) is 16.7 Å². The summed E-state index contributed by atoms with van der Waals surface area (Å²) in [6.45, 7) is 5.80. The van der Waals surface area contributed by atoms with Gasteiger partial charge in [-0.15, -0.1) is 0 Å². The lowest BCUT2D eigenvalue weighted by molar-refractivity contribution is -0.140. The zero-order valence-corrected chi connectivity index (χ0v) is 19.0. The van der Waals surface area contributed by atoms with E-state index < -0.39 is 30.1 Å². The van der Waals surface area contributed by atoms with Gasteiger partial charge in [0.05, 0.1) is 12.1 Å². The van der Waals surface area contributed by atoms with Crippen molar-refractivity contribution >= 4 is 28.5 Å². The van der Waals surface area contributed by atoms with Crippen molar-refractivity contribution in [1.29, 1.82) is 0 Å². The summed E-state index contributed by atoms with van der Waals surface area (Å²) in [7, 11) is 1.35. The molecule has 0 spiro atoms. The van der Waals surface area contributed by atoms with Gasteiger partial charge in [0.2, 0.25) is 5.91 Å². The number of Topliss-reactive ketones (excluding diaryl/α,β-unsaturated/α-hetero) is 1. The highest BCUT2D eigenvalue weighted by atomic mass is 19.1. The number of likely N-dealkylation sites (tertiary alicyclic amines) is 1. The number of aromatic nitrogens is 2. The van der Waals surface area contributed by atoms with Gasteiger partial charge >= 0.3 is 0 Å². The summed E-state index contributed by atoms with van der Waals surface area (Å²) in [5, 5.41) is 4.72. The van der Waals surface area contributed by atoms with Crippen LogP contribution in [-0.2, 0) is 20.9 Å². The molecule has 8 nitrogen and oxygen atoms in total. The first-order valence-corrected chi connectivity index (χ1v) is 10.8. The lowest BCUT2D eigenvalue weighted by Gasteiger charge is -2.27. The molecule has 1 aromatic carbocycles. The van der Waals surface area contributed by atoms with Crippen LogP contribution in [0, 0.1) is 5.41 Å². The molecule has 3 rings (SSSR count). The van der Waals surface area contributed by atoms with Gasteiger partial charge in [-0.3, -0.25) is 19.1 Å². The standard InChI is InChI=1S/C23H31FN4O4/c1-23(2,3)11-7-10-17(29)20-21(32-4)15(24)12-27(20)18(30)13-28-16-9-6-5-8-14(16)19(26-28)22(25)31/h5-6,8-9,15,20-21H,7,10-13H2,1-4H3,(H2,25,31)/t15-,20+,21+/m0/s1. The second kappa shape index (κ2) is 9.36. The van der Waals surface area contributed by atoms with Crippen molar-refractivity contribution in [2.24, 2.45) is 11.1 Å². The smallest absolute Gasteiger partial charge is 0.269 e. The van der Waals surface area contributed by atoms with Crippen LogP contribution in [0.15, 0.2) is 24.3 Å². The molecule has 1 aliphatic rings. The fourth-order valence-electron chi connectivity index (χ4n) is 4.26. The van der Waals surface area contributed by atoms with Gasteiger partial charge < -0.3 is 15.4 Å². The highest BCUT2D eigenvalue weighted by molar-refractivity contribution is 6.04. The number of rotatable bonds is 8. The zero-order valence-electron chi connectivity index (χ0n) is 19.0. The minimum absolute atomic E-state index is 0.0581. The first-order chi connectivity index (χ1) is 15.0. The first kappa shape index (κ1) is 23.8. The number of hydrogen-bond acceptors (Lipinski definition) is 5. The predicted octanol–water partition coefficient (Wildman–Crippen LogP) is 2.48. The number of alkyl halides is 1. The fraction of sp³-hybridized carbons (Fsp3) is 0.565. The Kier molecular flexibility index (Phi) is 6.97. The lowest BCUT2D eigenvalue weighted by Crippen LogP contribution is -2.47. The van der Waals surface area contributed by atoms with Crippen LogP contribution >= 0.6 is 0 Å². The molecule has 0 aliphatic carbocycles. The minimum Gasteiger partial charge on any atom is -0.376 e. The number of carbonyl (C=O) groups excluding carboxylic acids is 3. The Hall–Kier alpha value is -2.81. The molecule has 0 radical (unpaired) electrons. The van der Waals surface area contributed by atoms with E-state index in [0.717, 1.165) is 6.42 Å². The van der Waals surface area contributed by atoms with Crippen LogP contribution in [0.4, 0.5) is 4.39 Å².